The summed E-state index contributed by atoms with van der Waals surface area (Å²) in [6.45, 7) is 0.521. The molecule has 0 aliphatic carbocycles. The average Bonchev–Trinajstić information content (AvgIpc) is 3.24. The number of hydrogen-bond donors (Lipinski definition) is 0. The van der Waals surface area contributed by atoms with E-state index in [2.05, 4.69) is 0 Å². The number of amides is 3. The molecule has 1 unspecified atom stereocenters. The molecule has 2 aromatic carbocycles. The summed E-state index contributed by atoms with van der Waals surface area (Å²) in [5.41, 5.74) is 1.40. The maximum atomic E-state index is 13.2. The predicted molar refractivity (Wildman–Crippen MR) is 112 cm³/mol. The molecule has 0 spiro atoms. The first-order valence-corrected chi connectivity index (χ1v) is 9.73. The van der Waals surface area contributed by atoms with Crippen molar-refractivity contribution in [2.45, 2.75) is 18.9 Å². The van der Waals surface area contributed by atoms with E-state index in [1.54, 1.807) is 60.6 Å². The van der Waals surface area contributed by atoms with Gasteiger partial charge in [-0.1, -0.05) is 18.2 Å². The van der Waals surface area contributed by atoms with E-state index in [1.165, 1.54) is 13.2 Å². The van der Waals surface area contributed by atoms with Crippen molar-refractivity contribution in [3.8, 4) is 11.5 Å². The Hall–Kier alpha value is -3.61. The van der Waals surface area contributed by atoms with Crippen LogP contribution in [0, 0.1) is 0 Å². The van der Waals surface area contributed by atoms with Gasteiger partial charge in [-0.3, -0.25) is 14.4 Å². The van der Waals surface area contributed by atoms with Crippen LogP contribution in [0.2, 0.25) is 0 Å². The summed E-state index contributed by atoms with van der Waals surface area (Å²) in [6.07, 6.45) is 4.25. The van der Waals surface area contributed by atoms with Gasteiger partial charge >= 0.3 is 0 Å². The van der Waals surface area contributed by atoms with Crippen molar-refractivity contribution in [1.82, 2.24) is 4.90 Å². The van der Waals surface area contributed by atoms with Gasteiger partial charge in [0.1, 0.15) is 6.04 Å². The Morgan fingerprint density at radius 2 is 1.83 bits per heavy atom. The van der Waals surface area contributed by atoms with Crippen molar-refractivity contribution in [1.29, 1.82) is 0 Å². The Bertz CT molecular complexity index is 1050. The molecule has 0 N–H and O–H groups in total. The Labute approximate surface area is 174 Å². The van der Waals surface area contributed by atoms with Crippen LogP contribution in [0.15, 0.2) is 48.5 Å². The number of hydrogen-bond acceptors (Lipinski definition) is 5. The number of carbonyl (C=O) groups is 3. The zero-order valence-electron chi connectivity index (χ0n) is 16.8. The van der Waals surface area contributed by atoms with Crippen molar-refractivity contribution in [2.24, 2.45) is 0 Å². The molecule has 1 fully saturated rings. The Morgan fingerprint density at radius 3 is 2.60 bits per heavy atom. The minimum Gasteiger partial charge on any atom is -0.493 e. The molecule has 30 heavy (non-hydrogen) atoms. The van der Waals surface area contributed by atoms with Gasteiger partial charge in [0, 0.05) is 12.6 Å². The van der Waals surface area contributed by atoms with Crippen molar-refractivity contribution in [3.63, 3.8) is 0 Å². The summed E-state index contributed by atoms with van der Waals surface area (Å²) in [7, 11) is 3.08. The lowest BCUT2D eigenvalue weighted by Gasteiger charge is -2.23. The van der Waals surface area contributed by atoms with Gasteiger partial charge in [-0.25, -0.2) is 4.90 Å². The van der Waals surface area contributed by atoms with Crippen LogP contribution in [-0.2, 0) is 9.59 Å². The van der Waals surface area contributed by atoms with Crippen molar-refractivity contribution < 1.29 is 23.9 Å². The van der Waals surface area contributed by atoms with Gasteiger partial charge in [0.25, 0.3) is 17.7 Å². The molecule has 0 radical (unpaired) electrons. The monoisotopic (exact) mass is 406 g/mol. The summed E-state index contributed by atoms with van der Waals surface area (Å²) in [6, 6.07) is 11.4. The molecule has 0 bridgehead atoms. The number of ether oxygens (including phenoxy) is 2. The van der Waals surface area contributed by atoms with Gasteiger partial charge in [-0.2, -0.15) is 0 Å². The highest BCUT2D eigenvalue weighted by Crippen LogP contribution is 2.33. The molecule has 0 saturated carbocycles. The molecule has 0 aromatic heterocycles. The van der Waals surface area contributed by atoms with Crippen LogP contribution in [0.3, 0.4) is 0 Å². The predicted octanol–water partition coefficient (Wildman–Crippen LogP) is 2.90. The van der Waals surface area contributed by atoms with E-state index in [-0.39, 0.29) is 11.8 Å². The van der Waals surface area contributed by atoms with E-state index in [4.69, 9.17) is 9.47 Å². The van der Waals surface area contributed by atoms with E-state index in [0.717, 1.165) is 16.9 Å². The molecule has 4 rings (SSSR count). The fourth-order valence-electron chi connectivity index (χ4n) is 3.96. The van der Waals surface area contributed by atoms with E-state index in [1.807, 2.05) is 0 Å². The topological polar surface area (TPSA) is 76.2 Å². The lowest BCUT2D eigenvalue weighted by molar-refractivity contribution is -0.126. The lowest BCUT2D eigenvalue weighted by Crippen LogP contribution is -2.46. The Morgan fingerprint density at radius 1 is 1.07 bits per heavy atom. The highest BCUT2D eigenvalue weighted by atomic mass is 16.5. The van der Waals surface area contributed by atoms with Crippen LogP contribution >= 0.6 is 0 Å². The minimum atomic E-state index is -0.608. The first kappa shape index (κ1) is 19.7. The maximum absolute atomic E-state index is 13.2. The van der Waals surface area contributed by atoms with Crippen LogP contribution in [0.4, 0.5) is 5.69 Å². The summed E-state index contributed by atoms with van der Waals surface area (Å²) < 4.78 is 10.5. The molecular weight excluding hydrogens is 384 g/mol. The summed E-state index contributed by atoms with van der Waals surface area (Å²) in [5, 5.41) is 0. The highest BCUT2D eigenvalue weighted by Gasteiger charge is 2.43. The first-order valence-electron chi connectivity index (χ1n) is 9.73. The highest BCUT2D eigenvalue weighted by molar-refractivity contribution is 6.25. The molecule has 1 saturated heterocycles. The van der Waals surface area contributed by atoms with Crippen LogP contribution in [0.5, 0.6) is 11.5 Å². The van der Waals surface area contributed by atoms with Gasteiger partial charge in [0.15, 0.2) is 11.5 Å². The second kappa shape index (κ2) is 8.02. The average molecular weight is 406 g/mol. The SMILES string of the molecule is COc1ccc(/C=C/C(=O)N2C(=O)C3CCCN3C(=O)c3ccccc32)cc1OC. The van der Waals surface area contributed by atoms with Crippen LogP contribution in [0.25, 0.3) is 6.08 Å². The first-order chi connectivity index (χ1) is 14.5. The normalized spacial score (nSPS) is 18.3. The molecule has 154 valence electrons. The van der Waals surface area contributed by atoms with Gasteiger partial charge in [0.2, 0.25) is 0 Å². The zero-order chi connectivity index (χ0) is 21.3. The third-order valence-corrected chi connectivity index (χ3v) is 5.44. The van der Waals surface area contributed by atoms with E-state index in [0.29, 0.717) is 35.7 Å². The molecule has 2 aromatic rings. The van der Waals surface area contributed by atoms with Gasteiger partial charge < -0.3 is 14.4 Å². The number of para-hydroxylation sites is 1. The molecular formula is C23H22N2O5. The lowest BCUT2D eigenvalue weighted by atomic mass is 10.1. The zero-order valence-corrected chi connectivity index (χ0v) is 16.8. The third-order valence-electron chi connectivity index (χ3n) is 5.44. The third kappa shape index (κ3) is 3.32. The molecule has 2 aliphatic rings. The smallest absolute Gasteiger partial charge is 0.257 e. The second-order valence-electron chi connectivity index (χ2n) is 7.13. The quantitative estimate of drug-likeness (QED) is 0.730. The number of anilines is 1. The molecule has 7 nitrogen and oxygen atoms in total. The van der Waals surface area contributed by atoms with Crippen LogP contribution < -0.4 is 14.4 Å². The number of imide groups is 1. The standard InChI is InChI=1S/C23H22N2O5/c1-29-19-11-9-15(14-20(19)30-2)10-12-21(26)25-17-7-4-3-6-16(17)22(27)24-13-5-8-18(24)23(25)28/h3-4,6-7,9-12,14,18H,5,8,13H2,1-2H3/b12-10+. The van der Waals surface area contributed by atoms with Gasteiger partial charge in [0.05, 0.1) is 25.5 Å². The fraction of sp³-hybridized carbons (Fsp3) is 0.261. The van der Waals surface area contributed by atoms with Crippen LogP contribution in [0.1, 0.15) is 28.8 Å². The fourth-order valence-corrected chi connectivity index (χ4v) is 3.96. The van der Waals surface area contributed by atoms with E-state index in [9.17, 15) is 14.4 Å². The van der Waals surface area contributed by atoms with Crippen molar-refractivity contribution >= 4 is 29.5 Å². The molecule has 7 heteroatoms. The Kier molecular flexibility index (Phi) is 5.27. The maximum Gasteiger partial charge on any atom is 0.257 e. The van der Waals surface area contributed by atoms with Gasteiger partial charge in [-0.15, -0.1) is 0 Å². The number of rotatable bonds is 4. The largest absolute Gasteiger partial charge is 0.493 e. The number of nitrogens with zero attached hydrogens (tertiary/aromatic N) is 2. The molecule has 1 atom stereocenters. The molecule has 3 amide bonds. The van der Waals surface area contributed by atoms with Gasteiger partial charge in [-0.05, 0) is 48.7 Å². The molecule has 2 heterocycles. The molecule has 2 aliphatic heterocycles. The van der Waals surface area contributed by atoms with E-state index < -0.39 is 11.9 Å². The van der Waals surface area contributed by atoms with E-state index >= 15 is 0 Å². The Balaban J connectivity index is 1.69. The van der Waals surface area contributed by atoms with Crippen molar-refractivity contribution in [2.75, 3.05) is 25.7 Å². The number of carbonyl (C=O) groups excluding carboxylic acids is 3. The number of benzene rings is 2. The minimum absolute atomic E-state index is 0.208. The van der Waals surface area contributed by atoms with Crippen molar-refractivity contribution in [3.05, 3.63) is 59.7 Å². The second-order valence-corrected chi connectivity index (χ2v) is 7.13. The summed E-state index contributed by atoms with van der Waals surface area (Å²) in [4.78, 5) is 42.0. The summed E-state index contributed by atoms with van der Waals surface area (Å²) >= 11 is 0. The number of methoxy groups -OCH3 is 2. The number of fused-ring (bicyclic) bond motifs is 2. The van der Waals surface area contributed by atoms with Crippen LogP contribution in [-0.4, -0.2) is 49.4 Å². The summed E-state index contributed by atoms with van der Waals surface area (Å²) in [5.74, 6) is 0.0464.